The number of hydrogen-bond donors (Lipinski definition) is 2. The Labute approximate surface area is 189 Å². The van der Waals surface area contributed by atoms with Crippen LogP contribution in [0.3, 0.4) is 0 Å². The van der Waals surface area contributed by atoms with Gasteiger partial charge < -0.3 is 10.1 Å². The lowest BCUT2D eigenvalue weighted by molar-refractivity contribution is -0.0499. The molecule has 0 amide bonds. The Kier molecular flexibility index (Phi) is 5.22. The molecule has 0 spiro atoms. The topological polar surface area (TPSA) is 79.2 Å². The first kappa shape index (κ1) is 22.5. The zero-order chi connectivity index (χ0) is 23.5. The third-order valence-corrected chi connectivity index (χ3v) is 9.79. The van der Waals surface area contributed by atoms with Crippen LogP contribution in [0.25, 0.3) is 20.2 Å². The lowest BCUT2D eigenvalue weighted by Gasteiger charge is -2.43. The highest BCUT2D eigenvalue weighted by Gasteiger charge is 2.50. The van der Waals surface area contributed by atoms with Crippen LogP contribution in [0, 0.1) is 17.3 Å². The Morgan fingerprint density at radius 1 is 1.16 bits per heavy atom. The van der Waals surface area contributed by atoms with E-state index >= 15 is 0 Å². The van der Waals surface area contributed by atoms with Crippen molar-refractivity contribution in [2.75, 3.05) is 5.75 Å². The van der Waals surface area contributed by atoms with Gasteiger partial charge in [-0.1, -0.05) is 12.0 Å². The number of amidine groups is 1. The van der Waals surface area contributed by atoms with Crippen LogP contribution in [0.15, 0.2) is 30.3 Å². The molecule has 32 heavy (non-hydrogen) atoms. The summed E-state index contributed by atoms with van der Waals surface area (Å²) in [5.74, 6) is 5.37. The second-order valence-corrected chi connectivity index (χ2v) is 12.1. The highest BCUT2D eigenvalue weighted by Crippen LogP contribution is 2.41. The molecule has 4 rings (SSSR count). The second-order valence-electron chi connectivity index (χ2n) is 8.51. The first-order valence-corrected chi connectivity index (χ1v) is 12.3. The molecule has 0 bridgehead atoms. The summed E-state index contributed by atoms with van der Waals surface area (Å²) in [5, 5.41) is 13.1. The van der Waals surface area contributed by atoms with Gasteiger partial charge in [0.25, 0.3) is 0 Å². The summed E-state index contributed by atoms with van der Waals surface area (Å²) in [4.78, 5) is 0. The van der Waals surface area contributed by atoms with Crippen LogP contribution in [0.1, 0.15) is 38.8 Å². The van der Waals surface area contributed by atoms with E-state index < -0.39 is 26.7 Å². The molecule has 1 atom stereocenters. The summed E-state index contributed by atoms with van der Waals surface area (Å²) in [6.45, 7) is 3.49. The molecular formula is C23H22F2N2O3S2. The number of hydrogen-bond acceptors (Lipinski definition) is 5. The number of alkyl halides is 2. The number of benzene rings is 2. The summed E-state index contributed by atoms with van der Waals surface area (Å²) < 4.78 is 56.6. The van der Waals surface area contributed by atoms with E-state index in [9.17, 15) is 17.2 Å². The van der Waals surface area contributed by atoms with Crippen molar-refractivity contribution in [3.63, 3.8) is 0 Å². The van der Waals surface area contributed by atoms with Crippen LogP contribution >= 0.6 is 11.3 Å². The zero-order valence-electron chi connectivity index (χ0n) is 18.0. The van der Waals surface area contributed by atoms with Crippen molar-refractivity contribution in [1.29, 1.82) is 5.41 Å². The number of ether oxygens (including phenoxy) is 1. The number of fused-ring (bicyclic) bond motifs is 3. The van der Waals surface area contributed by atoms with E-state index in [1.807, 2.05) is 18.2 Å². The smallest absolute Gasteiger partial charge is 0.387 e. The average molecular weight is 477 g/mol. The van der Waals surface area contributed by atoms with Crippen LogP contribution in [0.2, 0.25) is 0 Å². The maximum Gasteiger partial charge on any atom is 0.387 e. The Hall–Kier alpha value is -2.70. The Balaban J connectivity index is 1.88. The third kappa shape index (κ3) is 3.51. The van der Waals surface area contributed by atoms with E-state index in [1.54, 1.807) is 26.0 Å². The van der Waals surface area contributed by atoms with Crippen molar-refractivity contribution >= 4 is 47.2 Å². The van der Waals surface area contributed by atoms with Gasteiger partial charge in [0.2, 0.25) is 0 Å². The third-order valence-electron chi connectivity index (χ3n) is 5.94. The van der Waals surface area contributed by atoms with Crippen molar-refractivity contribution < 1.29 is 21.9 Å². The van der Waals surface area contributed by atoms with E-state index in [0.717, 1.165) is 25.7 Å². The second kappa shape index (κ2) is 7.42. The molecule has 2 heterocycles. The average Bonchev–Trinajstić information content (AvgIpc) is 3.03. The molecule has 0 saturated carbocycles. The van der Waals surface area contributed by atoms with Gasteiger partial charge in [0.1, 0.15) is 16.3 Å². The maximum atomic E-state index is 12.9. The van der Waals surface area contributed by atoms with Crippen molar-refractivity contribution in [3.8, 4) is 17.6 Å². The van der Waals surface area contributed by atoms with E-state index in [1.165, 1.54) is 25.2 Å². The Morgan fingerprint density at radius 2 is 1.84 bits per heavy atom. The largest absolute Gasteiger partial charge is 0.433 e. The molecule has 2 aromatic carbocycles. The normalized spacial score (nSPS) is 21.9. The lowest BCUT2D eigenvalue weighted by Crippen LogP contribution is -2.63. The maximum absolute atomic E-state index is 12.9. The van der Waals surface area contributed by atoms with Gasteiger partial charge in [-0.2, -0.15) is 8.78 Å². The number of sulfone groups is 1. The van der Waals surface area contributed by atoms with Crippen molar-refractivity contribution in [1.82, 2.24) is 5.32 Å². The number of rotatable bonds is 3. The number of halogens is 2. The van der Waals surface area contributed by atoms with E-state index in [0.29, 0.717) is 5.56 Å². The fourth-order valence-corrected chi connectivity index (χ4v) is 6.73. The Morgan fingerprint density at radius 3 is 2.47 bits per heavy atom. The highest BCUT2D eigenvalue weighted by atomic mass is 32.2. The molecule has 1 aliphatic rings. The molecule has 1 saturated heterocycles. The zero-order valence-corrected chi connectivity index (χ0v) is 19.6. The first-order valence-electron chi connectivity index (χ1n) is 9.86. The SMILES string of the molecule is CC#Cc1cc2c(cc1OC(F)F)sc1ccc([C@]3(C)CS(=O)(=O)C(C)(C)C(=N)N3)cc12. The van der Waals surface area contributed by atoms with Gasteiger partial charge in [-0.25, -0.2) is 8.42 Å². The molecule has 0 aliphatic carbocycles. The summed E-state index contributed by atoms with van der Waals surface area (Å²) in [6.07, 6.45) is 0. The fraction of sp³-hybridized carbons (Fsp3) is 0.348. The first-order chi connectivity index (χ1) is 14.9. The minimum Gasteiger partial charge on any atom is -0.433 e. The molecule has 3 aromatic rings. The Bertz CT molecular complexity index is 1430. The van der Waals surface area contributed by atoms with E-state index in [2.05, 4.69) is 21.9 Å². The van der Waals surface area contributed by atoms with Crippen LogP contribution in [-0.2, 0) is 15.4 Å². The quantitative estimate of drug-likeness (QED) is 0.521. The summed E-state index contributed by atoms with van der Waals surface area (Å²) in [7, 11) is -3.57. The van der Waals surface area contributed by atoms with E-state index in [-0.39, 0.29) is 17.3 Å². The van der Waals surface area contributed by atoms with Gasteiger partial charge in [-0.05, 0) is 57.5 Å². The molecule has 5 nitrogen and oxygen atoms in total. The van der Waals surface area contributed by atoms with Gasteiger partial charge >= 0.3 is 6.61 Å². The van der Waals surface area contributed by atoms with Gasteiger partial charge in [-0.3, -0.25) is 5.41 Å². The monoisotopic (exact) mass is 476 g/mol. The minimum atomic E-state index is -3.57. The molecule has 0 radical (unpaired) electrons. The minimum absolute atomic E-state index is 0.0244. The molecule has 1 aliphatic heterocycles. The predicted octanol–water partition coefficient (Wildman–Crippen LogP) is 5.02. The van der Waals surface area contributed by atoms with Gasteiger partial charge in [0, 0.05) is 20.2 Å². The van der Waals surface area contributed by atoms with Crippen LogP contribution in [0.4, 0.5) is 8.78 Å². The molecule has 168 valence electrons. The summed E-state index contributed by atoms with van der Waals surface area (Å²) in [5.41, 5.74) is 0.113. The van der Waals surface area contributed by atoms with Crippen molar-refractivity contribution in [2.45, 2.75) is 44.6 Å². The van der Waals surface area contributed by atoms with Crippen LogP contribution < -0.4 is 10.1 Å². The molecule has 0 unspecified atom stereocenters. The van der Waals surface area contributed by atoms with Crippen molar-refractivity contribution in [2.24, 2.45) is 0 Å². The summed E-state index contributed by atoms with van der Waals surface area (Å²) in [6, 6.07) is 8.92. The highest BCUT2D eigenvalue weighted by molar-refractivity contribution is 7.93. The number of nitrogens with one attached hydrogen (secondary N) is 2. The predicted molar refractivity (Wildman–Crippen MR) is 125 cm³/mol. The summed E-state index contributed by atoms with van der Waals surface area (Å²) >= 11 is 1.43. The van der Waals surface area contributed by atoms with Crippen molar-refractivity contribution in [3.05, 3.63) is 41.5 Å². The number of thiophene rings is 1. The molecular weight excluding hydrogens is 454 g/mol. The molecule has 1 aromatic heterocycles. The lowest BCUT2D eigenvalue weighted by atomic mass is 9.91. The standard InChI is InChI=1S/C23H22F2N2O3S2/c1-5-6-13-9-15-16-10-14(23(4)12-32(28,29)22(2,3)20(26)27-23)7-8-18(16)31-19(15)11-17(13)30-21(24)25/h7-11,21H,12H2,1-4H3,(H2,26,27)/t23-/m0/s1. The van der Waals surface area contributed by atoms with Crippen LogP contribution in [0.5, 0.6) is 5.75 Å². The van der Waals surface area contributed by atoms with Crippen LogP contribution in [-0.4, -0.2) is 31.4 Å². The molecule has 9 heteroatoms. The van der Waals surface area contributed by atoms with Gasteiger partial charge in [0.05, 0.1) is 16.9 Å². The fourth-order valence-electron chi connectivity index (χ4n) is 3.91. The van der Waals surface area contributed by atoms with Gasteiger partial charge in [-0.15, -0.1) is 17.3 Å². The van der Waals surface area contributed by atoms with Gasteiger partial charge in [0.15, 0.2) is 9.84 Å². The molecule has 2 N–H and O–H groups in total. The van der Waals surface area contributed by atoms with E-state index in [4.69, 9.17) is 5.41 Å². The molecule has 1 fully saturated rings.